The number of alkyl halides is 2. The third kappa shape index (κ3) is 0.936. The molecule has 1 aliphatic carbocycles. The van der Waals surface area contributed by atoms with Crippen molar-refractivity contribution < 1.29 is 13.9 Å². The van der Waals surface area contributed by atoms with E-state index in [-0.39, 0.29) is 12.8 Å². The fourth-order valence-corrected chi connectivity index (χ4v) is 0.951. The first kappa shape index (κ1) is 6.93. The fourth-order valence-electron chi connectivity index (χ4n) is 0.951. The molecule has 1 rings (SSSR count). The van der Waals surface area contributed by atoms with Gasteiger partial charge in [0.15, 0.2) is 0 Å². The molecule has 0 atom stereocenters. The summed E-state index contributed by atoms with van der Waals surface area (Å²) < 4.78 is 24.6. The SMILES string of the molecule is CC(F)(F)C1(O)CCC1. The van der Waals surface area contributed by atoms with Crippen LogP contribution in [0.15, 0.2) is 0 Å². The Balaban J connectivity index is 2.59. The van der Waals surface area contributed by atoms with Crippen LogP contribution in [0.1, 0.15) is 26.2 Å². The zero-order valence-electron chi connectivity index (χ0n) is 5.32. The van der Waals surface area contributed by atoms with Gasteiger partial charge in [-0.3, -0.25) is 0 Å². The fraction of sp³-hybridized carbons (Fsp3) is 1.00. The van der Waals surface area contributed by atoms with Crippen LogP contribution in [0, 0.1) is 0 Å². The molecule has 0 radical (unpaired) electrons. The molecule has 1 nitrogen and oxygen atoms in total. The van der Waals surface area contributed by atoms with Crippen molar-refractivity contribution >= 4 is 0 Å². The topological polar surface area (TPSA) is 20.2 Å². The van der Waals surface area contributed by atoms with Crippen LogP contribution in [-0.4, -0.2) is 16.6 Å². The first-order chi connectivity index (χ1) is 3.96. The number of halogens is 2. The Bertz CT molecular complexity index is 113. The van der Waals surface area contributed by atoms with Crippen LogP contribution < -0.4 is 0 Å². The van der Waals surface area contributed by atoms with Gasteiger partial charge in [0.25, 0.3) is 5.92 Å². The normalized spacial score (nSPS) is 25.3. The van der Waals surface area contributed by atoms with E-state index < -0.39 is 11.5 Å². The summed E-state index contributed by atoms with van der Waals surface area (Å²) in [5, 5.41) is 9.00. The Kier molecular flexibility index (Phi) is 1.28. The van der Waals surface area contributed by atoms with Crippen molar-refractivity contribution in [1.29, 1.82) is 0 Å². The first-order valence-corrected chi connectivity index (χ1v) is 3.06. The molecule has 0 spiro atoms. The second-order valence-electron chi connectivity index (χ2n) is 2.77. The predicted octanol–water partition coefficient (Wildman–Crippen LogP) is 1.56. The molecular formula is C6H10F2O. The van der Waals surface area contributed by atoms with Gasteiger partial charge in [0, 0.05) is 6.92 Å². The Morgan fingerprint density at radius 3 is 1.89 bits per heavy atom. The average molecular weight is 136 g/mol. The lowest BCUT2D eigenvalue weighted by Gasteiger charge is -2.40. The van der Waals surface area contributed by atoms with Crippen molar-refractivity contribution in [2.75, 3.05) is 0 Å². The Morgan fingerprint density at radius 1 is 1.44 bits per heavy atom. The minimum atomic E-state index is -2.91. The first-order valence-electron chi connectivity index (χ1n) is 3.06. The quantitative estimate of drug-likeness (QED) is 0.580. The van der Waals surface area contributed by atoms with Gasteiger partial charge in [0.1, 0.15) is 5.60 Å². The maximum Gasteiger partial charge on any atom is 0.273 e. The molecule has 3 heteroatoms. The van der Waals surface area contributed by atoms with E-state index in [4.69, 9.17) is 5.11 Å². The van der Waals surface area contributed by atoms with E-state index >= 15 is 0 Å². The van der Waals surface area contributed by atoms with Crippen molar-refractivity contribution in [3.63, 3.8) is 0 Å². The van der Waals surface area contributed by atoms with Crippen LogP contribution in [0.25, 0.3) is 0 Å². The summed E-state index contributed by atoms with van der Waals surface area (Å²) in [5.41, 5.74) is -1.67. The molecule has 54 valence electrons. The van der Waals surface area contributed by atoms with E-state index in [0.717, 1.165) is 13.3 Å². The molecule has 9 heavy (non-hydrogen) atoms. The monoisotopic (exact) mass is 136 g/mol. The van der Waals surface area contributed by atoms with Gasteiger partial charge < -0.3 is 5.11 Å². The van der Waals surface area contributed by atoms with Crippen molar-refractivity contribution in [2.24, 2.45) is 0 Å². The highest BCUT2D eigenvalue weighted by molar-refractivity contribution is 4.96. The number of hydrogen-bond acceptors (Lipinski definition) is 1. The van der Waals surface area contributed by atoms with E-state index in [1.165, 1.54) is 0 Å². The highest BCUT2D eigenvalue weighted by atomic mass is 19.3. The smallest absolute Gasteiger partial charge is 0.273 e. The number of rotatable bonds is 1. The van der Waals surface area contributed by atoms with E-state index in [2.05, 4.69) is 0 Å². The third-order valence-corrected chi connectivity index (χ3v) is 2.00. The molecule has 1 aliphatic rings. The summed E-state index contributed by atoms with van der Waals surface area (Å²) >= 11 is 0. The summed E-state index contributed by atoms with van der Waals surface area (Å²) in [6.45, 7) is 0.770. The molecule has 0 heterocycles. The molecule has 1 N–H and O–H groups in total. The van der Waals surface area contributed by atoms with Gasteiger partial charge >= 0.3 is 0 Å². The molecule has 0 aromatic heterocycles. The van der Waals surface area contributed by atoms with Gasteiger partial charge in [-0.05, 0) is 19.3 Å². The molecular weight excluding hydrogens is 126 g/mol. The van der Waals surface area contributed by atoms with E-state index in [9.17, 15) is 8.78 Å². The lowest BCUT2D eigenvalue weighted by atomic mass is 9.76. The average Bonchev–Trinajstić information content (AvgIpc) is 1.57. The number of aliphatic hydroxyl groups is 1. The largest absolute Gasteiger partial charge is 0.384 e. The van der Waals surface area contributed by atoms with Crippen LogP contribution in [0.3, 0.4) is 0 Å². The molecule has 0 aliphatic heterocycles. The standard InChI is InChI=1S/C6H10F2O/c1-5(7,8)6(9)3-2-4-6/h9H,2-4H2,1H3. The van der Waals surface area contributed by atoms with Gasteiger partial charge in [-0.2, -0.15) is 0 Å². The molecule has 1 fully saturated rings. The van der Waals surface area contributed by atoms with Gasteiger partial charge in [0.05, 0.1) is 0 Å². The Hall–Kier alpha value is -0.180. The lowest BCUT2D eigenvalue weighted by Crippen LogP contribution is -2.51. The van der Waals surface area contributed by atoms with Gasteiger partial charge in [-0.1, -0.05) is 0 Å². The summed E-state index contributed by atoms with van der Waals surface area (Å²) in [6, 6.07) is 0. The summed E-state index contributed by atoms with van der Waals surface area (Å²) in [5.74, 6) is -2.91. The van der Waals surface area contributed by atoms with Crippen molar-refractivity contribution in [2.45, 2.75) is 37.7 Å². The maximum atomic E-state index is 12.3. The molecule has 0 unspecified atom stereocenters. The molecule has 0 aromatic rings. The predicted molar refractivity (Wildman–Crippen MR) is 29.4 cm³/mol. The molecule has 1 saturated carbocycles. The summed E-state index contributed by atoms with van der Waals surface area (Å²) in [6.07, 6.45) is 1.22. The molecule has 0 bridgehead atoms. The van der Waals surface area contributed by atoms with Crippen LogP contribution in [0.5, 0.6) is 0 Å². The third-order valence-electron chi connectivity index (χ3n) is 2.00. The highest BCUT2D eigenvalue weighted by Gasteiger charge is 2.52. The second kappa shape index (κ2) is 1.66. The zero-order chi connectivity index (χ0) is 7.12. The number of hydrogen-bond donors (Lipinski definition) is 1. The van der Waals surface area contributed by atoms with Crippen molar-refractivity contribution in [3.05, 3.63) is 0 Å². The minimum absolute atomic E-state index is 0.247. The summed E-state index contributed by atoms with van der Waals surface area (Å²) in [4.78, 5) is 0. The highest BCUT2D eigenvalue weighted by Crippen LogP contribution is 2.43. The van der Waals surface area contributed by atoms with Gasteiger partial charge in [-0.15, -0.1) is 0 Å². The molecule has 0 amide bonds. The Labute approximate surface area is 52.7 Å². The van der Waals surface area contributed by atoms with Gasteiger partial charge in [-0.25, -0.2) is 8.78 Å². The lowest BCUT2D eigenvalue weighted by molar-refractivity contribution is -0.206. The van der Waals surface area contributed by atoms with Crippen LogP contribution >= 0.6 is 0 Å². The van der Waals surface area contributed by atoms with Gasteiger partial charge in [0.2, 0.25) is 0 Å². The van der Waals surface area contributed by atoms with E-state index in [0.29, 0.717) is 0 Å². The van der Waals surface area contributed by atoms with Crippen LogP contribution in [0.4, 0.5) is 8.78 Å². The van der Waals surface area contributed by atoms with Crippen LogP contribution in [-0.2, 0) is 0 Å². The summed E-state index contributed by atoms with van der Waals surface area (Å²) in [7, 11) is 0. The Morgan fingerprint density at radius 2 is 1.89 bits per heavy atom. The maximum absolute atomic E-state index is 12.3. The minimum Gasteiger partial charge on any atom is -0.384 e. The van der Waals surface area contributed by atoms with Crippen LogP contribution in [0.2, 0.25) is 0 Å². The molecule has 0 aromatic carbocycles. The van der Waals surface area contributed by atoms with Crippen molar-refractivity contribution in [1.82, 2.24) is 0 Å². The molecule has 0 saturated heterocycles. The van der Waals surface area contributed by atoms with E-state index in [1.807, 2.05) is 0 Å². The second-order valence-corrected chi connectivity index (χ2v) is 2.77. The van der Waals surface area contributed by atoms with Crippen molar-refractivity contribution in [3.8, 4) is 0 Å². The van der Waals surface area contributed by atoms with E-state index in [1.54, 1.807) is 0 Å². The zero-order valence-corrected chi connectivity index (χ0v) is 5.32.